The number of carbonyl (C=O) groups excluding carboxylic acids is 1. The molecule has 0 radical (unpaired) electrons. The summed E-state index contributed by atoms with van der Waals surface area (Å²) < 4.78 is 5.75. The van der Waals surface area contributed by atoms with Crippen LogP contribution in [0.1, 0.15) is 36.8 Å². The average molecular weight is 291 g/mol. The van der Waals surface area contributed by atoms with Crippen LogP contribution in [0.4, 0.5) is 0 Å². The van der Waals surface area contributed by atoms with Crippen LogP contribution in [-0.4, -0.2) is 30.3 Å². The van der Waals surface area contributed by atoms with Crippen LogP contribution in [0.15, 0.2) is 18.2 Å². The number of hydrogen-bond donors (Lipinski definition) is 2. The van der Waals surface area contributed by atoms with Crippen LogP contribution in [0, 0.1) is 19.8 Å². The molecule has 1 aromatic rings. The molecule has 0 heterocycles. The zero-order chi connectivity index (χ0) is 15.2. The van der Waals surface area contributed by atoms with Gasteiger partial charge in [-0.05, 0) is 37.8 Å². The fourth-order valence-electron chi connectivity index (χ4n) is 3.00. The van der Waals surface area contributed by atoms with E-state index >= 15 is 0 Å². The Morgan fingerprint density at radius 1 is 1.33 bits per heavy atom. The third-order valence-corrected chi connectivity index (χ3v) is 4.22. The van der Waals surface area contributed by atoms with Gasteiger partial charge in [0.1, 0.15) is 5.75 Å². The van der Waals surface area contributed by atoms with Crippen LogP contribution >= 0.6 is 0 Å². The molecule has 1 aromatic carbocycles. The van der Waals surface area contributed by atoms with Gasteiger partial charge < -0.3 is 15.2 Å². The molecule has 2 rings (SSSR count). The van der Waals surface area contributed by atoms with E-state index in [0.717, 1.165) is 36.1 Å². The van der Waals surface area contributed by atoms with Gasteiger partial charge in [0, 0.05) is 18.6 Å². The third kappa shape index (κ3) is 4.21. The maximum absolute atomic E-state index is 11.9. The summed E-state index contributed by atoms with van der Waals surface area (Å²) in [6.45, 7) is 4.55. The molecule has 0 aromatic heterocycles. The molecule has 1 aliphatic rings. The Balaban J connectivity index is 1.77. The molecule has 1 fully saturated rings. The monoisotopic (exact) mass is 291 g/mol. The van der Waals surface area contributed by atoms with Crippen molar-refractivity contribution >= 4 is 5.91 Å². The maximum Gasteiger partial charge on any atom is 0.223 e. The van der Waals surface area contributed by atoms with Gasteiger partial charge in [-0.3, -0.25) is 4.79 Å². The minimum atomic E-state index is 0.00610. The molecule has 1 amide bonds. The van der Waals surface area contributed by atoms with Crippen molar-refractivity contribution in [2.75, 3.05) is 13.2 Å². The number of rotatable bonds is 6. The van der Waals surface area contributed by atoms with Crippen molar-refractivity contribution in [2.45, 2.75) is 45.6 Å². The second-order valence-corrected chi connectivity index (χ2v) is 5.87. The van der Waals surface area contributed by atoms with Gasteiger partial charge >= 0.3 is 0 Å². The first-order valence-corrected chi connectivity index (χ1v) is 7.71. The number of aliphatic hydroxyl groups excluding tert-OH is 1. The summed E-state index contributed by atoms with van der Waals surface area (Å²) in [5, 5.41) is 12.3. The zero-order valence-electron chi connectivity index (χ0n) is 12.9. The third-order valence-electron chi connectivity index (χ3n) is 4.22. The summed E-state index contributed by atoms with van der Waals surface area (Å²) in [7, 11) is 0. The zero-order valence-corrected chi connectivity index (χ0v) is 12.9. The van der Waals surface area contributed by atoms with Crippen molar-refractivity contribution < 1.29 is 14.6 Å². The molecule has 2 atom stereocenters. The molecular formula is C17H25NO3. The van der Waals surface area contributed by atoms with Gasteiger partial charge in [-0.15, -0.1) is 0 Å². The minimum Gasteiger partial charge on any atom is -0.493 e. The summed E-state index contributed by atoms with van der Waals surface area (Å²) in [4.78, 5) is 11.9. The predicted molar refractivity (Wildman–Crippen MR) is 82.4 cm³/mol. The number of aryl methyl sites for hydroxylation is 2. The fraction of sp³-hybridized carbons (Fsp3) is 0.588. The molecule has 0 bridgehead atoms. The van der Waals surface area contributed by atoms with Gasteiger partial charge in [-0.2, -0.15) is 0 Å². The van der Waals surface area contributed by atoms with Crippen molar-refractivity contribution in [3.63, 3.8) is 0 Å². The Morgan fingerprint density at radius 3 is 2.71 bits per heavy atom. The van der Waals surface area contributed by atoms with E-state index in [2.05, 4.69) is 5.32 Å². The molecule has 1 aliphatic carbocycles. The summed E-state index contributed by atoms with van der Waals surface area (Å²) in [5.41, 5.74) is 2.18. The molecule has 2 unspecified atom stereocenters. The lowest BCUT2D eigenvalue weighted by molar-refractivity contribution is -0.122. The quantitative estimate of drug-likeness (QED) is 0.846. The summed E-state index contributed by atoms with van der Waals surface area (Å²) in [5.74, 6) is 1.10. The first kappa shape index (κ1) is 15.8. The Bertz CT molecular complexity index is 467. The van der Waals surface area contributed by atoms with E-state index in [1.54, 1.807) is 0 Å². The van der Waals surface area contributed by atoms with Gasteiger partial charge in [-0.1, -0.05) is 24.6 Å². The standard InChI is InChI=1S/C17H25NO3/c1-12-5-3-6-13(2)17(12)21-10-9-16(20)18-15-8-4-7-14(15)11-19/h3,5-6,14-15,19H,4,7-11H2,1-2H3,(H,18,20). The lowest BCUT2D eigenvalue weighted by Crippen LogP contribution is -2.39. The fourth-order valence-corrected chi connectivity index (χ4v) is 3.00. The second kappa shape index (κ2) is 7.46. The molecule has 0 spiro atoms. The van der Waals surface area contributed by atoms with Crippen molar-refractivity contribution in [1.29, 1.82) is 0 Å². The Kier molecular flexibility index (Phi) is 5.62. The summed E-state index contributed by atoms with van der Waals surface area (Å²) in [6.07, 6.45) is 3.40. The molecule has 0 saturated heterocycles. The van der Waals surface area contributed by atoms with Crippen LogP contribution < -0.4 is 10.1 Å². The van der Waals surface area contributed by atoms with Gasteiger partial charge in [0.15, 0.2) is 0 Å². The van der Waals surface area contributed by atoms with Crippen LogP contribution in [0.2, 0.25) is 0 Å². The highest BCUT2D eigenvalue weighted by Gasteiger charge is 2.27. The molecule has 21 heavy (non-hydrogen) atoms. The van der Waals surface area contributed by atoms with Crippen LogP contribution in [-0.2, 0) is 4.79 Å². The number of benzene rings is 1. The smallest absolute Gasteiger partial charge is 0.223 e. The van der Waals surface area contributed by atoms with Crippen LogP contribution in [0.25, 0.3) is 0 Å². The molecule has 116 valence electrons. The molecule has 4 nitrogen and oxygen atoms in total. The molecular weight excluding hydrogens is 266 g/mol. The Labute approximate surface area is 126 Å². The van der Waals surface area contributed by atoms with Crippen LogP contribution in [0.3, 0.4) is 0 Å². The highest BCUT2D eigenvalue weighted by Crippen LogP contribution is 2.25. The molecule has 4 heteroatoms. The second-order valence-electron chi connectivity index (χ2n) is 5.87. The van der Waals surface area contributed by atoms with E-state index in [0.29, 0.717) is 13.0 Å². The number of nitrogens with one attached hydrogen (secondary N) is 1. The van der Waals surface area contributed by atoms with Crippen molar-refractivity contribution in [2.24, 2.45) is 5.92 Å². The maximum atomic E-state index is 11.9. The van der Waals surface area contributed by atoms with E-state index in [9.17, 15) is 9.90 Å². The largest absolute Gasteiger partial charge is 0.493 e. The molecule has 0 aliphatic heterocycles. The van der Waals surface area contributed by atoms with E-state index in [1.165, 1.54) is 0 Å². The topological polar surface area (TPSA) is 58.6 Å². The highest BCUT2D eigenvalue weighted by atomic mass is 16.5. The average Bonchev–Trinajstić information content (AvgIpc) is 2.89. The van der Waals surface area contributed by atoms with E-state index in [4.69, 9.17) is 4.74 Å². The Morgan fingerprint density at radius 2 is 2.05 bits per heavy atom. The van der Waals surface area contributed by atoms with Gasteiger partial charge in [0.05, 0.1) is 13.0 Å². The summed E-state index contributed by atoms with van der Waals surface area (Å²) >= 11 is 0. The van der Waals surface area contributed by atoms with Gasteiger partial charge in [0.2, 0.25) is 5.91 Å². The van der Waals surface area contributed by atoms with E-state index < -0.39 is 0 Å². The van der Waals surface area contributed by atoms with E-state index in [-0.39, 0.29) is 24.5 Å². The number of hydrogen-bond acceptors (Lipinski definition) is 3. The number of aliphatic hydroxyl groups is 1. The predicted octanol–water partition coefficient (Wildman–Crippen LogP) is 2.35. The van der Waals surface area contributed by atoms with Gasteiger partial charge in [0.25, 0.3) is 0 Å². The normalized spacial score (nSPS) is 21.3. The lowest BCUT2D eigenvalue weighted by atomic mass is 10.1. The summed E-state index contributed by atoms with van der Waals surface area (Å²) in [6, 6.07) is 6.14. The molecule has 1 saturated carbocycles. The Hall–Kier alpha value is -1.55. The minimum absolute atomic E-state index is 0.00610. The number of ether oxygens (including phenoxy) is 1. The first-order chi connectivity index (χ1) is 10.1. The number of para-hydroxylation sites is 1. The van der Waals surface area contributed by atoms with Crippen molar-refractivity contribution in [3.8, 4) is 5.75 Å². The SMILES string of the molecule is Cc1cccc(C)c1OCCC(=O)NC1CCCC1CO. The molecule has 2 N–H and O–H groups in total. The lowest BCUT2D eigenvalue weighted by Gasteiger charge is -2.19. The van der Waals surface area contributed by atoms with Crippen molar-refractivity contribution in [3.05, 3.63) is 29.3 Å². The first-order valence-electron chi connectivity index (χ1n) is 7.71. The van der Waals surface area contributed by atoms with E-state index in [1.807, 2.05) is 32.0 Å². The van der Waals surface area contributed by atoms with Gasteiger partial charge in [-0.25, -0.2) is 0 Å². The van der Waals surface area contributed by atoms with Crippen molar-refractivity contribution in [1.82, 2.24) is 5.32 Å². The highest BCUT2D eigenvalue weighted by molar-refractivity contribution is 5.76. The number of carbonyl (C=O) groups is 1. The van der Waals surface area contributed by atoms with Crippen LogP contribution in [0.5, 0.6) is 5.75 Å². The number of amides is 1.